The molecule has 5 nitrogen and oxygen atoms in total. The Balaban J connectivity index is 2.61. The minimum Gasteiger partial charge on any atom is -0.385 e. The minimum absolute atomic E-state index is 0.120. The molecule has 1 rings (SSSR count). The Bertz CT molecular complexity index is 221. The first-order valence-corrected chi connectivity index (χ1v) is 9.70. The van der Waals surface area contributed by atoms with Crippen molar-refractivity contribution in [1.82, 2.24) is 5.43 Å². The number of rotatable bonds is 3. The number of ketones is 1. The number of carbonyl (C=O) groups excluding carboxylic acids is 1. The molecule has 5 N–H and O–H groups in total. The summed E-state index contributed by atoms with van der Waals surface area (Å²) in [7, 11) is 0. The standard InChI is InChI=1S/C5H9N4O.Al.HI.H/c1-2(10)3-4(6)8-9-5(3)7;;;/h3-4,8H,1,6H2,(H2,7,9);;1H;/q;+1;;/p-1. The van der Waals surface area contributed by atoms with Gasteiger partial charge in [0.2, 0.25) is 0 Å². The third-order valence-corrected chi connectivity index (χ3v) is 4.01. The summed E-state index contributed by atoms with van der Waals surface area (Å²) >= 11 is 1.99. The van der Waals surface area contributed by atoms with Crippen LogP contribution in [0.15, 0.2) is 5.10 Å². The number of Topliss-reactive ketones (excluding diaryl/α,β-unsaturated/α-hetero) is 1. The number of nitrogens with zero attached hydrogens (tertiary/aromatic N) is 1. The molecule has 0 aliphatic carbocycles. The van der Waals surface area contributed by atoms with Gasteiger partial charge in [-0.05, 0) is 5.28 Å². The Labute approximate surface area is 87.7 Å². The van der Waals surface area contributed by atoms with E-state index in [9.17, 15) is 4.79 Å². The van der Waals surface area contributed by atoms with Gasteiger partial charge in [0.15, 0.2) is 0 Å². The number of hydrogen-bond donors (Lipinski definition) is 3. The summed E-state index contributed by atoms with van der Waals surface area (Å²) in [6, 6.07) is 0. The van der Waals surface area contributed by atoms with E-state index in [1.165, 1.54) is 0 Å². The Kier molecular flexibility index (Phi) is 3.77. The van der Waals surface area contributed by atoms with Crippen LogP contribution in [0.5, 0.6) is 0 Å². The Hall–Kier alpha value is 0.162. The molecular weight excluding hydrogens is 286 g/mol. The SMILES string of the molecule is NC1=NNC(N)C1C(=O)[CH2][AlH][I]. The summed E-state index contributed by atoms with van der Waals surface area (Å²) < 4.78 is 0. The van der Waals surface area contributed by atoms with E-state index in [2.05, 4.69) is 30.8 Å². The Morgan fingerprint density at radius 2 is 2.50 bits per heavy atom. The van der Waals surface area contributed by atoms with Gasteiger partial charge in [-0.3, -0.25) is 5.43 Å². The van der Waals surface area contributed by atoms with Gasteiger partial charge >= 0.3 is 11.9 Å². The van der Waals surface area contributed by atoms with Crippen LogP contribution in [-0.2, 0) is 4.79 Å². The average Bonchev–Trinajstić information content (AvgIpc) is 2.32. The molecule has 0 amide bonds. The van der Waals surface area contributed by atoms with Crippen molar-refractivity contribution in [3.63, 3.8) is 0 Å². The van der Waals surface area contributed by atoms with Gasteiger partial charge in [-0.15, -0.1) is 0 Å². The second-order valence-electron chi connectivity index (χ2n) is 2.57. The number of nitrogens with one attached hydrogen (secondary N) is 1. The van der Waals surface area contributed by atoms with Crippen LogP contribution in [0.3, 0.4) is 0 Å². The second-order valence-corrected chi connectivity index (χ2v) is 6.69. The number of nitrogens with two attached hydrogens (primary N) is 2. The number of hydrazone groups is 1. The smallest absolute Gasteiger partial charge is 0.344 e. The molecule has 0 aromatic carbocycles. The topological polar surface area (TPSA) is 93.5 Å². The molecule has 0 bridgehead atoms. The summed E-state index contributed by atoms with van der Waals surface area (Å²) in [6.07, 6.45) is -0.422. The zero-order valence-corrected chi connectivity index (χ0v) is 10.0. The molecule has 1 aliphatic rings. The molecule has 1 aliphatic heterocycles. The number of amidine groups is 1. The van der Waals surface area contributed by atoms with E-state index >= 15 is 0 Å². The summed E-state index contributed by atoms with van der Waals surface area (Å²) in [5, 5.41) is 4.35. The van der Waals surface area contributed by atoms with E-state index in [0.29, 0.717) is 11.1 Å². The van der Waals surface area contributed by atoms with E-state index in [4.69, 9.17) is 11.5 Å². The van der Waals surface area contributed by atoms with Crippen molar-refractivity contribution in [2.75, 3.05) is 0 Å². The maximum Gasteiger partial charge on any atom is 0.344 e. The summed E-state index contributed by atoms with van der Waals surface area (Å²) in [6.45, 7) is 0. The van der Waals surface area contributed by atoms with E-state index in [0.717, 1.165) is 0 Å². The van der Waals surface area contributed by atoms with Crippen molar-refractivity contribution in [2.24, 2.45) is 22.5 Å². The van der Waals surface area contributed by atoms with Gasteiger partial charge in [-0.25, -0.2) is 20.3 Å². The van der Waals surface area contributed by atoms with Crippen molar-refractivity contribution in [3.05, 3.63) is 0 Å². The molecule has 0 saturated carbocycles. The fourth-order valence-corrected chi connectivity index (χ4v) is 3.18. The second kappa shape index (κ2) is 4.41. The molecule has 12 heavy (non-hydrogen) atoms. The third-order valence-electron chi connectivity index (χ3n) is 1.71. The van der Waals surface area contributed by atoms with Crippen LogP contribution >= 0.6 is 20.3 Å². The lowest BCUT2D eigenvalue weighted by Crippen LogP contribution is -2.44. The minimum atomic E-state index is -0.422. The maximum atomic E-state index is 11.4. The summed E-state index contributed by atoms with van der Waals surface area (Å²) in [5.41, 5.74) is 13.7. The Morgan fingerprint density at radius 1 is 1.83 bits per heavy atom. The highest BCUT2D eigenvalue weighted by Crippen LogP contribution is 2.10. The van der Waals surface area contributed by atoms with E-state index < -0.39 is 12.1 Å². The van der Waals surface area contributed by atoms with Crippen LogP contribution in [0.1, 0.15) is 0 Å². The van der Waals surface area contributed by atoms with Crippen LogP contribution in [0.4, 0.5) is 0 Å². The number of halogens is 1. The highest BCUT2D eigenvalue weighted by atomic mass is 127. The lowest BCUT2D eigenvalue weighted by Gasteiger charge is -2.12. The van der Waals surface area contributed by atoms with Gasteiger partial charge in [0.05, 0.1) is 0 Å². The predicted octanol–water partition coefficient (Wildman–Crippen LogP) is -1.46. The summed E-state index contributed by atoms with van der Waals surface area (Å²) in [4.78, 5) is 11.4. The number of carbonyl (C=O) groups is 1. The van der Waals surface area contributed by atoms with Crippen LogP contribution < -0.4 is 16.9 Å². The fourth-order valence-electron chi connectivity index (χ4n) is 1.09. The van der Waals surface area contributed by atoms with Crippen molar-refractivity contribution in [3.8, 4) is 0 Å². The van der Waals surface area contributed by atoms with Gasteiger partial charge < -0.3 is 16.3 Å². The fraction of sp³-hybridized carbons (Fsp3) is 0.600. The van der Waals surface area contributed by atoms with Gasteiger partial charge in [-0.2, -0.15) is 5.10 Å². The Morgan fingerprint density at radius 3 is 2.92 bits per heavy atom. The predicted molar refractivity (Wildman–Crippen MR) is 57.2 cm³/mol. The van der Waals surface area contributed by atoms with E-state index in [1.54, 1.807) is 0 Å². The molecule has 7 heteroatoms. The summed E-state index contributed by atoms with van der Waals surface area (Å²) in [5.74, 6) is 0.0495. The third kappa shape index (κ3) is 2.10. The monoisotopic (exact) mass is 296 g/mol. The number of hydrogen-bond acceptors (Lipinski definition) is 5. The van der Waals surface area contributed by atoms with Gasteiger partial charge in [0.25, 0.3) is 0 Å². The van der Waals surface area contributed by atoms with Crippen LogP contribution in [0, 0.1) is 5.92 Å². The van der Waals surface area contributed by atoms with Gasteiger partial charge in [0.1, 0.15) is 23.7 Å². The molecule has 0 radical (unpaired) electrons. The molecule has 0 aromatic heterocycles. The molecule has 2 atom stereocenters. The molecule has 66 valence electrons. The van der Waals surface area contributed by atoms with E-state index in [-0.39, 0.29) is 17.7 Å². The zero-order valence-electron chi connectivity index (χ0n) is 6.46. The molecule has 0 saturated heterocycles. The molecular formula is C5H10AlIN4O. The van der Waals surface area contributed by atoms with Gasteiger partial charge in [-0.1, -0.05) is 0 Å². The lowest BCUT2D eigenvalue weighted by molar-refractivity contribution is -0.119. The van der Waals surface area contributed by atoms with Crippen LogP contribution in [0.25, 0.3) is 0 Å². The maximum absolute atomic E-state index is 11.4. The largest absolute Gasteiger partial charge is 0.385 e. The van der Waals surface area contributed by atoms with Gasteiger partial charge in [0, 0.05) is 0 Å². The first kappa shape index (κ1) is 10.2. The lowest BCUT2D eigenvalue weighted by atomic mass is 10.0. The zero-order chi connectivity index (χ0) is 9.14. The van der Waals surface area contributed by atoms with Crippen molar-refractivity contribution in [1.29, 1.82) is 0 Å². The normalized spacial score (nSPS) is 27.7. The van der Waals surface area contributed by atoms with Crippen LogP contribution in [0.2, 0.25) is 5.28 Å². The molecule has 0 aromatic rings. The molecule has 1 heterocycles. The van der Waals surface area contributed by atoms with Crippen molar-refractivity contribution >= 4 is 43.8 Å². The first-order valence-electron chi connectivity index (χ1n) is 3.59. The molecule has 0 fully saturated rings. The first-order chi connectivity index (χ1) is 5.66. The van der Waals surface area contributed by atoms with E-state index in [1.807, 2.05) is 0 Å². The van der Waals surface area contributed by atoms with Crippen molar-refractivity contribution in [2.45, 2.75) is 11.4 Å². The quantitative estimate of drug-likeness (QED) is 0.438. The molecule has 2 unspecified atom stereocenters. The molecule has 0 spiro atoms. The highest BCUT2D eigenvalue weighted by molar-refractivity contribution is 14.1. The average molecular weight is 296 g/mol. The highest BCUT2D eigenvalue weighted by Gasteiger charge is 2.32. The van der Waals surface area contributed by atoms with Crippen LogP contribution in [-0.4, -0.2) is 29.7 Å². The van der Waals surface area contributed by atoms with Crippen molar-refractivity contribution < 1.29 is 4.79 Å².